The van der Waals surface area contributed by atoms with E-state index in [0.717, 1.165) is 39.0 Å². The average molecular weight is 326 g/mol. The van der Waals surface area contributed by atoms with Gasteiger partial charge in [0.1, 0.15) is 5.75 Å². The molecule has 0 unspecified atom stereocenters. The number of carbonyl (C=O) groups excluding carboxylic acids is 1. The van der Waals surface area contributed by atoms with Crippen LogP contribution in [0, 0.1) is 0 Å². The van der Waals surface area contributed by atoms with E-state index >= 15 is 0 Å². The Morgan fingerprint density at radius 2 is 1.91 bits per heavy atom. The number of fused-ring (bicyclic) bond motifs is 4. The predicted octanol–water partition coefficient (Wildman–Crippen LogP) is 4.70. The zero-order valence-corrected chi connectivity index (χ0v) is 13.9. The highest BCUT2D eigenvalue weighted by Gasteiger charge is 2.39. The van der Waals surface area contributed by atoms with E-state index in [-0.39, 0.29) is 11.2 Å². The Morgan fingerprint density at radius 3 is 2.65 bits per heavy atom. The maximum Gasteiger partial charge on any atom is 0.195 e. The number of methoxy groups -OCH3 is 1. The summed E-state index contributed by atoms with van der Waals surface area (Å²) in [5.74, 6) is 0.790. The number of aromatic amines is 1. The standard InChI is InChI=1S/C19H16ClNO2/c1-19(2)14-9-11(23-3)5-6-12(14)17(22)16-13-8-10(20)4-7-15(13)21-18(16)19/h4-9,21H,1-3H3. The molecule has 23 heavy (non-hydrogen) atoms. The van der Waals surface area contributed by atoms with Crippen molar-refractivity contribution in [1.82, 2.24) is 4.98 Å². The Balaban J connectivity index is 2.08. The largest absolute Gasteiger partial charge is 0.497 e. The van der Waals surface area contributed by atoms with Gasteiger partial charge in [0.25, 0.3) is 0 Å². The van der Waals surface area contributed by atoms with Gasteiger partial charge in [-0.15, -0.1) is 0 Å². The number of carbonyl (C=O) groups is 1. The molecule has 3 nitrogen and oxygen atoms in total. The lowest BCUT2D eigenvalue weighted by Gasteiger charge is -2.32. The van der Waals surface area contributed by atoms with Crippen molar-refractivity contribution in [2.24, 2.45) is 0 Å². The van der Waals surface area contributed by atoms with Gasteiger partial charge in [-0.1, -0.05) is 25.4 Å². The molecule has 4 rings (SSSR count). The molecule has 0 atom stereocenters. The van der Waals surface area contributed by atoms with Crippen LogP contribution in [0.4, 0.5) is 0 Å². The van der Waals surface area contributed by atoms with Crippen LogP contribution in [0.15, 0.2) is 36.4 Å². The van der Waals surface area contributed by atoms with E-state index < -0.39 is 0 Å². The molecule has 1 N–H and O–H groups in total. The van der Waals surface area contributed by atoms with E-state index in [9.17, 15) is 4.79 Å². The molecular formula is C19H16ClNO2. The molecule has 2 aromatic carbocycles. The van der Waals surface area contributed by atoms with Gasteiger partial charge in [-0.3, -0.25) is 4.79 Å². The van der Waals surface area contributed by atoms with Crippen LogP contribution >= 0.6 is 11.6 Å². The van der Waals surface area contributed by atoms with Gasteiger partial charge in [0.05, 0.1) is 12.7 Å². The number of hydrogen-bond acceptors (Lipinski definition) is 2. The summed E-state index contributed by atoms with van der Waals surface area (Å²) >= 11 is 6.13. The normalized spacial score (nSPS) is 15.4. The Bertz CT molecular complexity index is 969. The van der Waals surface area contributed by atoms with Gasteiger partial charge < -0.3 is 9.72 Å². The fraction of sp³-hybridized carbons (Fsp3) is 0.211. The summed E-state index contributed by atoms with van der Waals surface area (Å²) in [6.45, 7) is 4.24. The van der Waals surface area contributed by atoms with Crippen molar-refractivity contribution in [2.45, 2.75) is 19.3 Å². The second kappa shape index (κ2) is 4.62. The van der Waals surface area contributed by atoms with Gasteiger partial charge in [0, 0.05) is 32.6 Å². The summed E-state index contributed by atoms with van der Waals surface area (Å²) in [6, 6.07) is 11.2. The molecule has 0 fully saturated rings. The fourth-order valence-electron chi connectivity index (χ4n) is 3.50. The van der Waals surface area contributed by atoms with Gasteiger partial charge in [0.2, 0.25) is 0 Å². The molecule has 0 bridgehead atoms. The lowest BCUT2D eigenvalue weighted by atomic mass is 9.71. The highest BCUT2D eigenvalue weighted by atomic mass is 35.5. The second-order valence-corrected chi connectivity index (χ2v) is 6.87. The Morgan fingerprint density at radius 1 is 1.13 bits per heavy atom. The van der Waals surface area contributed by atoms with Crippen LogP contribution in [0.5, 0.6) is 5.75 Å². The summed E-state index contributed by atoms with van der Waals surface area (Å²) in [5.41, 5.74) is 3.97. The fourth-order valence-corrected chi connectivity index (χ4v) is 3.68. The third kappa shape index (κ3) is 1.86. The molecule has 3 aromatic rings. The minimum absolute atomic E-state index is 0.0329. The number of rotatable bonds is 1. The molecule has 1 heterocycles. The van der Waals surface area contributed by atoms with Gasteiger partial charge in [-0.05, 0) is 42.0 Å². The van der Waals surface area contributed by atoms with Crippen LogP contribution in [0.3, 0.4) is 0 Å². The van der Waals surface area contributed by atoms with Crippen molar-refractivity contribution in [3.05, 3.63) is 63.8 Å². The van der Waals surface area contributed by atoms with Crippen molar-refractivity contribution in [2.75, 3.05) is 7.11 Å². The number of benzene rings is 2. The summed E-state index contributed by atoms with van der Waals surface area (Å²) in [6.07, 6.45) is 0. The Labute approximate surface area is 139 Å². The lowest BCUT2D eigenvalue weighted by Crippen LogP contribution is -2.30. The number of ketones is 1. The molecular weight excluding hydrogens is 310 g/mol. The van der Waals surface area contributed by atoms with E-state index in [1.165, 1.54) is 0 Å². The van der Waals surface area contributed by atoms with Gasteiger partial charge in [-0.2, -0.15) is 0 Å². The van der Waals surface area contributed by atoms with Crippen LogP contribution in [-0.2, 0) is 5.41 Å². The van der Waals surface area contributed by atoms with Crippen molar-refractivity contribution >= 4 is 28.3 Å². The van der Waals surface area contributed by atoms with E-state index in [1.807, 2.05) is 36.4 Å². The monoisotopic (exact) mass is 325 g/mol. The Kier molecular flexibility index (Phi) is 2.88. The van der Waals surface area contributed by atoms with Gasteiger partial charge >= 0.3 is 0 Å². The molecule has 4 heteroatoms. The van der Waals surface area contributed by atoms with Gasteiger partial charge in [-0.25, -0.2) is 0 Å². The van der Waals surface area contributed by atoms with Crippen molar-refractivity contribution in [3.8, 4) is 5.75 Å². The first kappa shape index (κ1) is 14.3. The number of H-pyrrole nitrogens is 1. The van der Waals surface area contributed by atoms with Crippen LogP contribution in [0.25, 0.3) is 10.9 Å². The summed E-state index contributed by atoms with van der Waals surface area (Å²) in [5, 5.41) is 1.51. The van der Waals surface area contributed by atoms with Crippen LogP contribution in [0.2, 0.25) is 5.02 Å². The van der Waals surface area contributed by atoms with Crippen LogP contribution < -0.4 is 4.74 Å². The molecule has 1 aliphatic rings. The SMILES string of the molecule is COc1ccc2c(c1)C(C)(C)c1[nH]c3ccc(Cl)cc3c1C2=O. The highest BCUT2D eigenvalue weighted by Crippen LogP contribution is 2.44. The molecule has 1 aromatic heterocycles. The maximum absolute atomic E-state index is 13.1. The van der Waals surface area contributed by atoms with Gasteiger partial charge in [0.15, 0.2) is 5.78 Å². The molecule has 0 saturated carbocycles. The minimum atomic E-state index is -0.321. The molecule has 0 aliphatic heterocycles. The summed E-state index contributed by atoms with van der Waals surface area (Å²) in [7, 11) is 1.63. The highest BCUT2D eigenvalue weighted by molar-refractivity contribution is 6.32. The van der Waals surface area contributed by atoms with Crippen LogP contribution in [0.1, 0.15) is 41.0 Å². The molecule has 116 valence electrons. The van der Waals surface area contributed by atoms with Crippen LogP contribution in [-0.4, -0.2) is 17.9 Å². The molecule has 1 aliphatic carbocycles. The minimum Gasteiger partial charge on any atom is -0.497 e. The van der Waals surface area contributed by atoms with Crippen molar-refractivity contribution in [3.63, 3.8) is 0 Å². The molecule has 0 amide bonds. The number of nitrogens with one attached hydrogen (secondary N) is 1. The first-order chi connectivity index (χ1) is 10.9. The number of hydrogen-bond donors (Lipinski definition) is 1. The molecule has 0 spiro atoms. The lowest BCUT2D eigenvalue weighted by molar-refractivity contribution is 0.103. The average Bonchev–Trinajstić information content (AvgIpc) is 2.92. The summed E-state index contributed by atoms with van der Waals surface area (Å²) < 4.78 is 5.33. The topological polar surface area (TPSA) is 42.1 Å². The third-order valence-corrected chi connectivity index (χ3v) is 4.99. The Hall–Kier alpha value is -2.26. The number of ether oxygens (including phenoxy) is 1. The zero-order chi connectivity index (χ0) is 16.4. The third-order valence-electron chi connectivity index (χ3n) is 4.76. The molecule has 0 radical (unpaired) electrons. The van der Waals surface area contributed by atoms with E-state index in [1.54, 1.807) is 7.11 Å². The number of halogens is 1. The zero-order valence-electron chi connectivity index (χ0n) is 13.2. The van der Waals surface area contributed by atoms with E-state index in [2.05, 4.69) is 18.8 Å². The van der Waals surface area contributed by atoms with E-state index in [0.29, 0.717) is 5.02 Å². The first-order valence-electron chi connectivity index (χ1n) is 7.48. The molecule has 0 saturated heterocycles. The smallest absolute Gasteiger partial charge is 0.195 e. The van der Waals surface area contributed by atoms with Crippen molar-refractivity contribution in [1.29, 1.82) is 0 Å². The van der Waals surface area contributed by atoms with E-state index in [4.69, 9.17) is 16.3 Å². The summed E-state index contributed by atoms with van der Waals surface area (Å²) in [4.78, 5) is 16.5. The quantitative estimate of drug-likeness (QED) is 0.704. The predicted molar refractivity (Wildman–Crippen MR) is 91.9 cm³/mol. The first-order valence-corrected chi connectivity index (χ1v) is 7.86. The second-order valence-electron chi connectivity index (χ2n) is 6.43. The van der Waals surface area contributed by atoms with Crippen molar-refractivity contribution < 1.29 is 9.53 Å². The maximum atomic E-state index is 13.1. The number of aromatic nitrogens is 1.